The molecule has 26 heavy (non-hydrogen) atoms. The van der Waals surface area contributed by atoms with E-state index in [9.17, 15) is 0 Å². The van der Waals surface area contributed by atoms with E-state index in [1.165, 1.54) is 5.56 Å². The molecular weight excluding hydrogens is 322 g/mol. The minimum absolute atomic E-state index is 0.127. The highest BCUT2D eigenvalue weighted by Gasteiger charge is 2.19. The van der Waals surface area contributed by atoms with Gasteiger partial charge in [0.15, 0.2) is 5.82 Å². The Bertz CT molecular complexity index is 864. The average molecular weight is 345 g/mol. The van der Waals surface area contributed by atoms with E-state index in [4.69, 9.17) is 9.97 Å². The van der Waals surface area contributed by atoms with E-state index in [0.717, 1.165) is 54.4 Å². The minimum Gasteiger partial charge on any atom is -0.363 e. The van der Waals surface area contributed by atoms with Crippen LogP contribution in [-0.4, -0.2) is 28.0 Å². The van der Waals surface area contributed by atoms with Crippen LogP contribution in [0.3, 0.4) is 0 Å². The number of hydrogen-bond acceptors (Lipinski definition) is 5. The molecule has 0 saturated carbocycles. The predicted octanol–water partition coefficient (Wildman–Crippen LogP) is 3.40. The fourth-order valence-electron chi connectivity index (χ4n) is 3.30. The Hall–Kier alpha value is -2.79. The molecule has 5 nitrogen and oxygen atoms in total. The first kappa shape index (κ1) is 16.7. The molecule has 2 aromatic heterocycles. The first-order valence-corrected chi connectivity index (χ1v) is 9.13. The number of aromatic nitrogens is 3. The molecule has 1 aromatic carbocycles. The topological polar surface area (TPSA) is 62.7 Å². The summed E-state index contributed by atoms with van der Waals surface area (Å²) in [5.41, 5.74) is 4.56. The molecular formula is C21H23N5. The van der Waals surface area contributed by atoms with Crippen molar-refractivity contribution in [3.8, 4) is 11.4 Å². The molecule has 2 N–H and O–H groups in total. The van der Waals surface area contributed by atoms with Crippen molar-refractivity contribution in [2.75, 3.05) is 18.4 Å². The maximum absolute atomic E-state index is 4.89. The Morgan fingerprint density at radius 3 is 2.65 bits per heavy atom. The monoisotopic (exact) mass is 345 g/mol. The zero-order valence-corrected chi connectivity index (χ0v) is 14.9. The summed E-state index contributed by atoms with van der Waals surface area (Å²) in [7, 11) is 0. The van der Waals surface area contributed by atoms with Gasteiger partial charge in [-0.2, -0.15) is 0 Å². The van der Waals surface area contributed by atoms with Crippen molar-refractivity contribution in [2.45, 2.75) is 25.8 Å². The van der Waals surface area contributed by atoms with E-state index in [2.05, 4.69) is 40.7 Å². The maximum atomic E-state index is 4.89. The molecule has 0 bridgehead atoms. The van der Waals surface area contributed by atoms with Gasteiger partial charge in [-0.25, -0.2) is 9.97 Å². The summed E-state index contributed by atoms with van der Waals surface area (Å²) in [6.07, 6.45) is 5.56. The van der Waals surface area contributed by atoms with Crippen molar-refractivity contribution in [3.05, 3.63) is 71.7 Å². The Labute approximate surface area is 153 Å². The number of fused-ring (bicyclic) bond motifs is 1. The van der Waals surface area contributed by atoms with Crippen LogP contribution in [0, 0.1) is 0 Å². The van der Waals surface area contributed by atoms with Crippen molar-refractivity contribution in [3.63, 3.8) is 0 Å². The van der Waals surface area contributed by atoms with Crippen LogP contribution >= 0.6 is 0 Å². The number of nitrogens with zero attached hydrogens (tertiary/aromatic N) is 3. The normalized spacial score (nSPS) is 15.0. The highest BCUT2D eigenvalue weighted by Crippen LogP contribution is 2.27. The van der Waals surface area contributed by atoms with Crippen molar-refractivity contribution in [1.82, 2.24) is 20.3 Å². The van der Waals surface area contributed by atoms with Crippen molar-refractivity contribution >= 4 is 5.82 Å². The molecule has 0 unspecified atom stereocenters. The molecule has 0 amide bonds. The summed E-state index contributed by atoms with van der Waals surface area (Å²) in [6, 6.07) is 14.4. The molecule has 0 aliphatic carbocycles. The molecule has 3 aromatic rings. The lowest BCUT2D eigenvalue weighted by molar-refractivity contribution is 0.708. The van der Waals surface area contributed by atoms with E-state index in [1.54, 1.807) is 6.20 Å². The van der Waals surface area contributed by atoms with Crippen molar-refractivity contribution in [2.24, 2.45) is 0 Å². The fourth-order valence-corrected chi connectivity index (χ4v) is 3.30. The van der Waals surface area contributed by atoms with Gasteiger partial charge in [-0.15, -0.1) is 0 Å². The SMILES string of the molecule is C[C@H](Nc1nc(-c2ccccc2)nc2c1CCNCC2)c1cccnc1. The van der Waals surface area contributed by atoms with Crippen molar-refractivity contribution < 1.29 is 0 Å². The number of pyridine rings is 1. The minimum atomic E-state index is 0.127. The highest BCUT2D eigenvalue weighted by atomic mass is 15.1. The highest BCUT2D eigenvalue weighted by molar-refractivity contribution is 5.60. The van der Waals surface area contributed by atoms with Gasteiger partial charge < -0.3 is 10.6 Å². The second kappa shape index (κ2) is 7.62. The lowest BCUT2D eigenvalue weighted by atomic mass is 10.1. The third-order valence-electron chi connectivity index (χ3n) is 4.75. The van der Waals surface area contributed by atoms with Gasteiger partial charge in [0, 0.05) is 36.5 Å². The summed E-state index contributed by atoms with van der Waals surface area (Å²) in [5, 5.41) is 7.07. The molecule has 1 aliphatic heterocycles. The van der Waals surface area contributed by atoms with E-state index in [-0.39, 0.29) is 6.04 Å². The summed E-state index contributed by atoms with van der Waals surface area (Å²) < 4.78 is 0. The second-order valence-corrected chi connectivity index (χ2v) is 6.59. The number of anilines is 1. The average Bonchev–Trinajstić information content (AvgIpc) is 2.95. The molecule has 1 atom stereocenters. The van der Waals surface area contributed by atoms with E-state index in [1.807, 2.05) is 30.5 Å². The van der Waals surface area contributed by atoms with Gasteiger partial charge in [0.2, 0.25) is 0 Å². The summed E-state index contributed by atoms with van der Waals surface area (Å²) in [4.78, 5) is 14.0. The van der Waals surface area contributed by atoms with Gasteiger partial charge in [0.05, 0.1) is 11.7 Å². The molecule has 0 fully saturated rings. The summed E-state index contributed by atoms with van der Waals surface area (Å²) in [5.74, 6) is 1.72. The van der Waals surface area contributed by atoms with Crippen LogP contribution in [0.4, 0.5) is 5.82 Å². The lowest BCUT2D eigenvalue weighted by Crippen LogP contribution is -2.16. The predicted molar refractivity (Wildman–Crippen MR) is 104 cm³/mol. The van der Waals surface area contributed by atoms with Crippen LogP contribution in [0.2, 0.25) is 0 Å². The quantitative estimate of drug-likeness (QED) is 0.759. The van der Waals surface area contributed by atoms with E-state index >= 15 is 0 Å². The Morgan fingerprint density at radius 2 is 1.85 bits per heavy atom. The third kappa shape index (κ3) is 3.58. The fraction of sp³-hybridized carbons (Fsp3) is 0.286. The van der Waals surface area contributed by atoms with Gasteiger partial charge in [-0.1, -0.05) is 36.4 Å². The molecule has 1 aliphatic rings. The standard InChI is InChI=1S/C21H23N5/c1-15(17-8-5-11-23-14-17)24-21-18-9-12-22-13-10-19(18)25-20(26-21)16-6-3-2-4-7-16/h2-8,11,14-15,22H,9-10,12-13H2,1H3,(H,24,25,26)/t15-/m0/s1. The van der Waals surface area contributed by atoms with Gasteiger partial charge >= 0.3 is 0 Å². The smallest absolute Gasteiger partial charge is 0.161 e. The van der Waals surface area contributed by atoms with E-state index in [0.29, 0.717) is 0 Å². The van der Waals surface area contributed by atoms with E-state index < -0.39 is 0 Å². The summed E-state index contributed by atoms with van der Waals surface area (Å²) >= 11 is 0. The molecule has 3 heterocycles. The largest absolute Gasteiger partial charge is 0.363 e. The zero-order chi connectivity index (χ0) is 17.8. The number of nitrogens with one attached hydrogen (secondary N) is 2. The first-order chi connectivity index (χ1) is 12.8. The summed E-state index contributed by atoms with van der Waals surface area (Å²) in [6.45, 7) is 4.05. The van der Waals surface area contributed by atoms with Crippen LogP contribution < -0.4 is 10.6 Å². The molecule has 0 saturated heterocycles. The van der Waals surface area contributed by atoms with Crippen LogP contribution in [0.1, 0.15) is 29.8 Å². The molecule has 5 heteroatoms. The lowest BCUT2D eigenvalue weighted by Gasteiger charge is -2.19. The van der Waals surface area contributed by atoms with Gasteiger partial charge in [-0.3, -0.25) is 4.98 Å². The molecule has 4 rings (SSSR count). The van der Waals surface area contributed by atoms with Crippen LogP contribution in [0.15, 0.2) is 54.9 Å². The Balaban J connectivity index is 1.74. The number of hydrogen-bond donors (Lipinski definition) is 2. The Morgan fingerprint density at radius 1 is 1.00 bits per heavy atom. The maximum Gasteiger partial charge on any atom is 0.161 e. The zero-order valence-electron chi connectivity index (χ0n) is 14.9. The Kier molecular flexibility index (Phi) is 4.88. The van der Waals surface area contributed by atoms with Gasteiger partial charge in [0.1, 0.15) is 5.82 Å². The van der Waals surface area contributed by atoms with Crippen LogP contribution in [0.25, 0.3) is 11.4 Å². The first-order valence-electron chi connectivity index (χ1n) is 9.13. The molecule has 0 spiro atoms. The molecule has 132 valence electrons. The number of rotatable bonds is 4. The third-order valence-corrected chi connectivity index (χ3v) is 4.75. The van der Waals surface area contributed by atoms with Gasteiger partial charge in [-0.05, 0) is 31.5 Å². The van der Waals surface area contributed by atoms with Crippen molar-refractivity contribution in [1.29, 1.82) is 0 Å². The number of benzene rings is 1. The molecule has 0 radical (unpaired) electrons. The van der Waals surface area contributed by atoms with Crippen LogP contribution in [-0.2, 0) is 12.8 Å². The van der Waals surface area contributed by atoms with Crippen LogP contribution in [0.5, 0.6) is 0 Å². The second-order valence-electron chi connectivity index (χ2n) is 6.59. The van der Waals surface area contributed by atoms with Gasteiger partial charge in [0.25, 0.3) is 0 Å².